The number of rotatable bonds is 6. The van der Waals surface area contributed by atoms with E-state index in [4.69, 9.17) is 15.5 Å². The van der Waals surface area contributed by atoms with Gasteiger partial charge in [0.1, 0.15) is 5.75 Å². The first-order valence-electron chi connectivity index (χ1n) is 8.74. The second-order valence-corrected chi connectivity index (χ2v) is 7.20. The first kappa shape index (κ1) is 17.5. The van der Waals surface area contributed by atoms with Crippen LogP contribution in [-0.4, -0.2) is 35.5 Å². The molecule has 0 aliphatic rings. The summed E-state index contributed by atoms with van der Waals surface area (Å²) in [6.45, 7) is 1.16. The number of nitrogens with one attached hydrogen (secondary N) is 1. The number of benzene rings is 2. The van der Waals surface area contributed by atoms with Crippen molar-refractivity contribution in [2.75, 3.05) is 20.2 Å². The van der Waals surface area contributed by atoms with Crippen LogP contribution in [0.4, 0.5) is 0 Å². The molecule has 0 fully saturated rings. The predicted molar refractivity (Wildman–Crippen MR) is 109 cm³/mol. The SMILES string of the molecule is COc1ccc(-c2cn3c(n2)sc2cc(C(=O)NCCCN)ccc23)cc1. The van der Waals surface area contributed by atoms with E-state index >= 15 is 0 Å². The van der Waals surface area contributed by atoms with Crippen LogP contribution in [-0.2, 0) is 0 Å². The van der Waals surface area contributed by atoms with Gasteiger partial charge in [0.25, 0.3) is 5.91 Å². The lowest BCUT2D eigenvalue weighted by atomic mass is 10.1. The van der Waals surface area contributed by atoms with Gasteiger partial charge in [0.15, 0.2) is 4.96 Å². The number of thiazole rings is 1. The highest BCUT2D eigenvalue weighted by molar-refractivity contribution is 7.23. The Morgan fingerprint density at radius 3 is 2.81 bits per heavy atom. The summed E-state index contributed by atoms with van der Waals surface area (Å²) in [5.74, 6) is 0.748. The van der Waals surface area contributed by atoms with Crippen molar-refractivity contribution in [3.8, 4) is 17.0 Å². The van der Waals surface area contributed by atoms with Crippen molar-refractivity contribution >= 4 is 32.4 Å². The Hall–Kier alpha value is -2.90. The third-order valence-electron chi connectivity index (χ3n) is 4.41. The molecule has 0 spiro atoms. The Morgan fingerprint density at radius 1 is 1.26 bits per heavy atom. The molecule has 27 heavy (non-hydrogen) atoms. The fraction of sp³-hybridized carbons (Fsp3) is 0.200. The summed E-state index contributed by atoms with van der Waals surface area (Å²) >= 11 is 1.57. The van der Waals surface area contributed by atoms with E-state index < -0.39 is 0 Å². The van der Waals surface area contributed by atoms with Gasteiger partial charge >= 0.3 is 0 Å². The summed E-state index contributed by atoms with van der Waals surface area (Å²) in [6, 6.07) is 13.6. The average Bonchev–Trinajstić information content (AvgIpc) is 3.25. The molecule has 2 aromatic carbocycles. The van der Waals surface area contributed by atoms with Crippen LogP contribution in [0.15, 0.2) is 48.7 Å². The highest BCUT2D eigenvalue weighted by Gasteiger charge is 2.13. The molecule has 138 valence electrons. The van der Waals surface area contributed by atoms with E-state index in [9.17, 15) is 4.79 Å². The zero-order chi connectivity index (χ0) is 18.8. The number of amides is 1. The third-order valence-corrected chi connectivity index (χ3v) is 5.43. The number of carbonyl (C=O) groups excluding carboxylic acids is 1. The van der Waals surface area contributed by atoms with Gasteiger partial charge in [-0.25, -0.2) is 4.98 Å². The standard InChI is InChI=1S/C20H20N4O2S/c1-26-15-6-3-13(4-7-15)16-12-24-17-8-5-14(19(25)22-10-2-9-21)11-18(17)27-20(24)23-16/h3-8,11-12H,2,9-10,21H2,1H3,(H,22,25). The predicted octanol–water partition coefficient (Wildman–Crippen LogP) is 3.30. The molecule has 0 unspecified atom stereocenters. The molecule has 2 heterocycles. The quantitative estimate of drug-likeness (QED) is 0.503. The fourth-order valence-corrected chi connectivity index (χ4v) is 4.00. The van der Waals surface area contributed by atoms with Crippen LogP contribution >= 0.6 is 11.3 Å². The molecule has 0 saturated carbocycles. The number of hydrogen-bond acceptors (Lipinski definition) is 5. The zero-order valence-electron chi connectivity index (χ0n) is 14.9. The Kier molecular flexibility index (Phi) is 4.79. The minimum Gasteiger partial charge on any atom is -0.497 e. The molecular formula is C20H20N4O2S. The highest BCUT2D eigenvalue weighted by Crippen LogP contribution is 2.30. The lowest BCUT2D eigenvalue weighted by molar-refractivity contribution is 0.0953. The molecule has 4 rings (SSSR count). The number of imidazole rings is 1. The minimum atomic E-state index is -0.0738. The van der Waals surface area contributed by atoms with Gasteiger partial charge in [0.2, 0.25) is 0 Å². The number of fused-ring (bicyclic) bond motifs is 3. The third kappa shape index (κ3) is 3.39. The van der Waals surface area contributed by atoms with Gasteiger partial charge in [0, 0.05) is 23.9 Å². The van der Waals surface area contributed by atoms with Crippen LogP contribution in [0, 0.1) is 0 Å². The number of nitrogens with two attached hydrogens (primary N) is 1. The second-order valence-electron chi connectivity index (χ2n) is 6.19. The van der Waals surface area contributed by atoms with Crippen molar-refractivity contribution in [2.24, 2.45) is 5.73 Å². The molecule has 0 bridgehead atoms. The van der Waals surface area contributed by atoms with Gasteiger partial charge in [-0.1, -0.05) is 11.3 Å². The van der Waals surface area contributed by atoms with Crippen molar-refractivity contribution in [3.63, 3.8) is 0 Å². The zero-order valence-corrected chi connectivity index (χ0v) is 15.8. The number of aromatic nitrogens is 2. The number of carbonyl (C=O) groups is 1. The molecule has 7 heteroatoms. The van der Waals surface area contributed by atoms with Crippen LogP contribution in [0.25, 0.3) is 26.4 Å². The summed E-state index contributed by atoms with van der Waals surface area (Å²) in [4.78, 5) is 17.9. The van der Waals surface area contributed by atoms with Crippen LogP contribution in [0.5, 0.6) is 5.75 Å². The molecule has 0 atom stereocenters. The molecule has 0 aliphatic carbocycles. The summed E-state index contributed by atoms with van der Waals surface area (Å²) in [7, 11) is 1.65. The van der Waals surface area contributed by atoms with Crippen molar-refractivity contribution in [1.29, 1.82) is 0 Å². The molecule has 3 N–H and O–H groups in total. The largest absolute Gasteiger partial charge is 0.497 e. The van der Waals surface area contributed by atoms with Crippen molar-refractivity contribution in [3.05, 3.63) is 54.2 Å². The second kappa shape index (κ2) is 7.38. The van der Waals surface area contributed by atoms with Gasteiger partial charge in [-0.05, 0) is 55.4 Å². The van der Waals surface area contributed by atoms with E-state index in [0.717, 1.165) is 38.6 Å². The number of ether oxygens (including phenoxy) is 1. The maximum atomic E-state index is 12.2. The monoisotopic (exact) mass is 380 g/mol. The molecule has 0 saturated heterocycles. The van der Waals surface area contributed by atoms with E-state index in [-0.39, 0.29) is 5.91 Å². The molecule has 6 nitrogen and oxygen atoms in total. The van der Waals surface area contributed by atoms with E-state index in [1.165, 1.54) is 0 Å². The molecular weight excluding hydrogens is 360 g/mol. The van der Waals surface area contributed by atoms with Gasteiger partial charge in [-0.2, -0.15) is 0 Å². The van der Waals surface area contributed by atoms with Gasteiger partial charge in [0.05, 0.1) is 23.0 Å². The summed E-state index contributed by atoms with van der Waals surface area (Å²) in [6.07, 6.45) is 2.80. The van der Waals surface area contributed by atoms with Crippen molar-refractivity contribution in [1.82, 2.24) is 14.7 Å². The maximum absolute atomic E-state index is 12.2. The number of nitrogens with zero attached hydrogens (tertiary/aromatic N) is 2. The Labute approximate surface area is 160 Å². The number of hydrogen-bond donors (Lipinski definition) is 2. The molecule has 0 aliphatic heterocycles. The Bertz CT molecular complexity index is 1100. The minimum absolute atomic E-state index is 0.0738. The molecule has 1 amide bonds. The summed E-state index contributed by atoms with van der Waals surface area (Å²) in [5, 5.41) is 2.89. The van der Waals surface area contributed by atoms with E-state index in [1.807, 2.05) is 48.7 Å². The van der Waals surface area contributed by atoms with E-state index in [0.29, 0.717) is 18.7 Å². The summed E-state index contributed by atoms with van der Waals surface area (Å²) < 4.78 is 8.30. The van der Waals surface area contributed by atoms with E-state index in [2.05, 4.69) is 9.72 Å². The number of methoxy groups -OCH3 is 1. The lowest BCUT2D eigenvalue weighted by Crippen LogP contribution is -2.25. The normalized spacial score (nSPS) is 11.2. The highest BCUT2D eigenvalue weighted by atomic mass is 32.1. The van der Waals surface area contributed by atoms with Crippen LogP contribution in [0.2, 0.25) is 0 Å². The smallest absolute Gasteiger partial charge is 0.251 e. The maximum Gasteiger partial charge on any atom is 0.251 e. The topological polar surface area (TPSA) is 81.7 Å². The van der Waals surface area contributed by atoms with Gasteiger partial charge in [-0.3, -0.25) is 9.20 Å². The van der Waals surface area contributed by atoms with E-state index in [1.54, 1.807) is 18.4 Å². The Balaban J connectivity index is 1.64. The lowest BCUT2D eigenvalue weighted by Gasteiger charge is -2.04. The van der Waals surface area contributed by atoms with Gasteiger partial charge < -0.3 is 15.8 Å². The van der Waals surface area contributed by atoms with Crippen LogP contribution < -0.4 is 15.8 Å². The molecule has 4 aromatic rings. The first-order chi connectivity index (χ1) is 13.2. The van der Waals surface area contributed by atoms with Crippen LogP contribution in [0.3, 0.4) is 0 Å². The molecule has 0 radical (unpaired) electrons. The van der Waals surface area contributed by atoms with Gasteiger partial charge in [-0.15, -0.1) is 0 Å². The Morgan fingerprint density at radius 2 is 2.07 bits per heavy atom. The van der Waals surface area contributed by atoms with Crippen LogP contribution in [0.1, 0.15) is 16.8 Å². The average molecular weight is 380 g/mol. The van der Waals surface area contributed by atoms with Crippen molar-refractivity contribution < 1.29 is 9.53 Å². The first-order valence-corrected chi connectivity index (χ1v) is 9.55. The fourth-order valence-electron chi connectivity index (χ4n) is 2.95. The molecule has 2 aromatic heterocycles. The summed E-state index contributed by atoms with van der Waals surface area (Å²) in [5.41, 5.74) is 9.11. The van der Waals surface area contributed by atoms with Crippen molar-refractivity contribution in [2.45, 2.75) is 6.42 Å².